The van der Waals surface area contributed by atoms with E-state index in [1.165, 1.54) is 18.5 Å². The summed E-state index contributed by atoms with van der Waals surface area (Å²) in [5.41, 5.74) is 2.29. The highest BCUT2D eigenvalue weighted by Gasteiger charge is 2.30. The molecule has 2 aromatic rings. The minimum atomic E-state index is 0.0617. The number of aromatic nitrogens is 3. The van der Waals surface area contributed by atoms with E-state index in [-0.39, 0.29) is 11.8 Å². The lowest BCUT2D eigenvalue weighted by atomic mass is 9.96. The van der Waals surface area contributed by atoms with E-state index in [4.69, 9.17) is 0 Å². The molecule has 0 atom stereocenters. The van der Waals surface area contributed by atoms with Crippen molar-refractivity contribution >= 4 is 28.2 Å². The number of H-pyrrole nitrogens is 1. The summed E-state index contributed by atoms with van der Waals surface area (Å²) >= 11 is 1.66. The monoisotopic (exact) mass is 331 g/mol. The first-order valence-electron chi connectivity index (χ1n) is 8.22. The van der Waals surface area contributed by atoms with E-state index in [9.17, 15) is 4.79 Å². The van der Waals surface area contributed by atoms with Crippen molar-refractivity contribution < 1.29 is 4.79 Å². The molecule has 0 spiro atoms. The number of aromatic amines is 1. The molecule has 0 unspecified atom stereocenters. The molecular formula is C16H21N5OS. The molecule has 2 N–H and O–H groups in total. The number of anilines is 2. The normalized spacial score (nSPS) is 19.1. The summed E-state index contributed by atoms with van der Waals surface area (Å²) in [7, 11) is 0. The smallest absolute Gasteiger partial charge is 0.228 e. The molecule has 1 aliphatic heterocycles. The zero-order valence-corrected chi connectivity index (χ0v) is 14.0. The maximum absolute atomic E-state index is 12.5. The summed E-state index contributed by atoms with van der Waals surface area (Å²) in [6.07, 6.45) is 6.02. The molecule has 0 aromatic carbocycles. The molecule has 3 heterocycles. The molecule has 0 bridgehead atoms. The standard InChI is InChI=1S/C16H21N5OS/c1-10-13(11-2-3-11)19-20-14(10)18-15(22)12-4-7-21(8-5-12)16-17-6-9-23-16/h6,9,11-12H,2-5,7-8H2,1H3,(H2,18,19,20,22). The van der Waals surface area contributed by atoms with Gasteiger partial charge in [-0.15, -0.1) is 11.3 Å². The molecule has 1 saturated carbocycles. The number of nitrogens with zero attached hydrogens (tertiary/aromatic N) is 3. The van der Waals surface area contributed by atoms with E-state index in [0.717, 1.165) is 36.6 Å². The largest absolute Gasteiger partial charge is 0.348 e. The molecule has 6 nitrogen and oxygen atoms in total. The van der Waals surface area contributed by atoms with E-state index in [2.05, 4.69) is 25.4 Å². The number of hydrogen-bond donors (Lipinski definition) is 2. The number of nitrogens with one attached hydrogen (secondary N) is 2. The predicted octanol–water partition coefficient (Wildman–Crippen LogP) is 2.91. The van der Waals surface area contributed by atoms with Crippen molar-refractivity contribution in [2.75, 3.05) is 23.3 Å². The SMILES string of the molecule is Cc1c(NC(=O)C2CCN(c3nccs3)CC2)n[nH]c1C1CC1. The van der Waals surface area contributed by atoms with Gasteiger partial charge in [0.15, 0.2) is 10.9 Å². The maximum Gasteiger partial charge on any atom is 0.228 e. The van der Waals surface area contributed by atoms with Crippen LogP contribution in [0.25, 0.3) is 0 Å². The Labute approximate surface area is 139 Å². The second-order valence-electron chi connectivity index (χ2n) is 6.45. The molecule has 4 rings (SSSR count). The third-order valence-electron chi connectivity index (χ3n) is 4.83. The molecule has 0 radical (unpaired) electrons. The molecule has 1 aliphatic carbocycles. The van der Waals surface area contributed by atoms with Crippen LogP contribution in [0.3, 0.4) is 0 Å². The lowest BCUT2D eigenvalue weighted by Gasteiger charge is -2.30. The Hall–Kier alpha value is -1.89. The van der Waals surface area contributed by atoms with Crippen molar-refractivity contribution in [2.45, 2.75) is 38.5 Å². The van der Waals surface area contributed by atoms with E-state index < -0.39 is 0 Å². The minimum absolute atomic E-state index is 0.0617. The Morgan fingerprint density at radius 3 is 2.78 bits per heavy atom. The van der Waals surface area contributed by atoms with Gasteiger partial charge in [-0.05, 0) is 32.6 Å². The molecule has 122 valence electrons. The number of rotatable bonds is 4. The van der Waals surface area contributed by atoms with Gasteiger partial charge in [-0.3, -0.25) is 9.89 Å². The van der Waals surface area contributed by atoms with Crippen LogP contribution in [-0.2, 0) is 4.79 Å². The Kier molecular flexibility index (Phi) is 3.80. The van der Waals surface area contributed by atoms with E-state index in [1.54, 1.807) is 11.3 Å². The second-order valence-corrected chi connectivity index (χ2v) is 7.32. The lowest BCUT2D eigenvalue weighted by Crippen LogP contribution is -2.38. The van der Waals surface area contributed by atoms with Gasteiger partial charge in [0, 0.05) is 47.8 Å². The number of piperidine rings is 1. The minimum Gasteiger partial charge on any atom is -0.348 e. The van der Waals surface area contributed by atoms with Crippen LogP contribution in [0.15, 0.2) is 11.6 Å². The van der Waals surface area contributed by atoms with Gasteiger partial charge >= 0.3 is 0 Å². The molecule has 1 saturated heterocycles. The van der Waals surface area contributed by atoms with E-state index in [1.807, 2.05) is 18.5 Å². The maximum atomic E-state index is 12.5. The van der Waals surface area contributed by atoms with Gasteiger partial charge in [-0.2, -0.15) is 5.10 Å². The second kappa shape index (κ2) is 5.96. The highest BCUT2D eigenvalue weighted by Crippen LogP contribution is 2.41. The molecule has 2 fully saturated rings. The molecule has 23 heavy (non-hydrogen) atoms. The van der Waals surface area contributed by atoms with Crippen LogP contribution in [-0.4, -0.2) is 34.2 Å². The number of carbonyl (C=O) groups excluding carboxylic acids is 1. The van der Waals surface area contributed by atoms with Gasteiger partial charge in [-0.25, -0.2) is 4.98 Å². The Morgan fingerprint density at radius 2 is 2.13 bits per heavy atom. The van der Waals surface area contributed by atoms with Crippen molar-refractivity contribution in [1.82, 2.24) is 15.2 Å². The average molecular weight is 331 g/mol. The Morgan fingerprint density at radius 1 is 1.35 bits per heavy atom. The van der Waals surface area contributed by atoms with Gasteiger partial charge in [0.25, 0.3) is 0 Å². The fraction of sp³-hybridized carbons (Fsp3) is 0.562. The Balaban J connectivity index is 1.35. The summed E-state index contributed by atoms with van der Waals surface area (Å²) < 4.78 is 0. The highest BCUT2D eigenvalue weighted by molar-refractivity contribution is 7.13. The first kappa shape index (κ1) is 14.7. The van der Waals surface area contributed by atoms with Crippen LogP contribution in [0, 0.1) is 12.8 Å². The van der Waals surface area contributed by atoms with E-state index >= 15 is 0 Å². The van der Waals surface area contributed by atoms with Crippen molar-refractivity contribution in [3.8, 4) is 0 Å². The van der Waals surface area contributed by atoms with Crippen LogP contribution >= 0.6 is 11.3 Å². The van der Waals surface area contributed by atoms with Crippen LogP contribution in [0.4, 0.5) is 10.9 Å². The number of thiazole rings is 1. The zero-order valence-electron chi connectivity index (χ0n) is 13.2. The summed E-state index contributed by atoms with van der Waals surface area (Å²) in [4.78, 5) is 19.1. The van der Waals surface area contributed by atoms with Gasteiger partial charge in [0.2, 0.25) is 5.91 Å². The lowest BCUT2D eigenvalue weighted by molar-refractivity contribution is -0.120. The van der Waals surface area contributed by atoms with Crippen LogP contribution < -0.4 is 10.2 Å². The average Bonchev–Trinajstić information content (AvgIpc) is 3.13. The first-order valence-corrected chi connectivity index (χ1v) is 9.10. The molecule has 2 aliphatic rings. The summed E-state index contributed by atoms with van der Waals surface area (Å²) in [6, 6.07) is 0. The van der Waals surface area contributed by atoms with Gasteiger partial charge in [-0.1, -0.05) is 0 Å². The quantitative estimate of drug-likeness (QED) is 0.903. The van der Waals surface area contributed by atoms with Gasteiger partial charge in [0.1, 0.15) is 0 Å². The highest BCUT2D eigenvalue weighted by atomic mass is 32.1. The molecular weight excluding hydrogens is 310 g/mol. The van der Waals surface area contributed by atoms with Crippen molar-refractivity contribution in [2.24, 2.45) is 5.92 Å². The Bertz CT molecular complexity index is 683. The van der Waals surface area contributed by atoms with Crippen molar-refractivity contribution in [1.29, 1.82) is 0 Å². The number of hydrogen-bond acceptors (Lipinski definition) is 5. The van der Waals surface area contributed by atoms with Crippen LogP contribution in [0.1, 0.15) is 42.9 Å². The number of carbonyl (C=O) groups is 1. The van der Waals surface area contributed by atoms with Crippen molar-refractivity contribution in [3.05, 3.63) is 22.8 Å². The third-order valence-corrected chi connectivity index (χ3v) is 5.66. The van der Waals surface area contributed by atoms with Gasteiger partial charge < -0.3 is 10.2 Å². The van der Waals surface area contributed by atoms with Crippen LogP contribution in [0.5, 0.6) is 0 Å². The molecule has 2 aromatic heterocycles. The third kappa shape index (κ3) is 2.97. The molecule has 1 amide bonds. The summed E-state index contributed by atoms with van der Waals surface area (Å²) in [5, 5.41) is 13.5. The zero-order chi connectivity index (χ0) is 15.8. The molecule has 7 heteroatoms. The van der Waals surface area contributed by atoms with Crippen LogP contribution in [0.2, 0.25) is 0 Å². The fourth-order valence-electron chi connectivity index (χ4n) is 3.23. The summed E-state index contributed by atoms with van der Waals surface area (Å²) in [5.74, 6) is 1.49. The van der Waals surface area contributed by atoms with Gasteiger partial charge in [0.05, 0.1) is 0 Å². The predicted molar refractivity (Wildman–Crippen MR) is 91.0 cm³/mol. The summed E-state index contributed by atoms with van der Waals surface area (Å²) in [6.45, 7) is 3.81. The fourth-order valence-corrected chi connectivity index (χ4v) is 3.92. The first-order chi connectivity index (χ1) is 11.2. The van der Waals surface area contributed by atoms with E-state index in [0.29, 0.717) is 11.7 Å². The van der Waals surface area contributed by atoms with Crippen molar-refractivity contribution in [3.63, 3.8) is 0 Å². The topological polar surface area (TPSA) is 73.9 Å². The number of amides is 1.